The zero-order valence-corrected chi connectivity index (χ0v) is 22.3. The molecule has 12 heteroatoms. The number of carbonyl (C=O) groups is 1. The molecule has 5 aromatic rings. The quantitative estimate of drug-likeness (QED) is 0.246. The Labute approximate surface area is 238 Å². The number of amides is 1. The monoisotopic (exact) mass is 568 g/mol. The first kappa shape index (κ1) is 26.3. The number of nitriles is 1. The summed E-state index contributed by atoms with van der Waals surface area (Å²) in [6.45, 7) is 0.685. The van der Waals surface area contributed by atoms with Crippen molar-refractivity contribution in [3.8, 4) is 17.3 Å². The summed E-state index contributed by atoms with van der Waals surface area (Å²) < 4.78 is 22.8. The highest BCUT2D eigenvalue weighted by Gasteiger charge is 2.22. The Bertz CT molecular complexity index is 1810. The smallest absolute Gasteiger partial charge is 0.255 e. The number of rotatable bonds is 6. The van der Waals surface area contributed by atoms with Gasteiger partial charge in [0.15, 0.2) is 5.65 Å². The van der Waals surface area contributed by atoms with Crippen molar-refractivity contribution in [1.82, 2.24) is 24.5 Å². The molecule has 1 aliphatic rings. The van der Waals surface area contributed by atoms with Crippen LogP contribution in [0.4, 0.5) is 21.6 Å². The molecule has 2 N–H and O–H groups in total. The highest BCUT2D eigenvalue weighted by atomic mass is 35.5. The van der Waals surface area contributed by atoms with Crippen molar-refractivity contribution < 1.29 is 13.9 Å². The Morgan fingerprint density at radius 2 is 2.02 bits per heavy atom. The number of nitrogens with zero attached hydrogens (tertiary/aromatic N) is 6. The Morgan fingerprint density at radius 3 is 2.85 bits per heavy atom. The average molecular weight is 569 g/mol. The fourth-order valence-corrected chi connectivity index (χ4v) is 4.84. The van der Waals surface area contributed by atoms with Gasteiger partial charge in [-0.25, -0.2) is 24.3 Å². The first-order valence-electron chi connectivity index (χ1n) is 12.8. The first-order valence-corrected chi connectivity index (χ1v) is 13.2. The predicted molar refractivity (Wildman–Crippen MR) is 151 cm³/mol. The van der Waals surface area contributed by atoms with E-state index in [0.717, 1.165) is 19.3 Å². The second-order valence-corrected chi connectivity index (χ2v) is 9.75. The standard InChI is InChI=1S/C29H22ClFN8O2/c30-21-8-6-17(12-18(21)14-32)29(40)37-19-7-9-22(31)23(13-19)38-27-20(4-3-10-33-27)25-26-28(35-15-34-25)39(16-36-26)24-5-1-2-11-41-24/h3-4,6-10,12-13,15-16,24H,1-2,5,11H2,(H,33,38)(H,37,40). The molecule has 1 fully saturated rings. The molecule has 6 rings (SSSR count). The van der Waals surface area contributed by atoms with Crippen LogP contribution in [0.3, 0.4) is 0 Å². The molecule has 0 radical (unpaired) electrons. The summed E-state index contributed by atoms with van der Waals surface area (Å²) in [4.78, 5) is 30.8. The molecule has 1 amide bonds. The third-order valence-electron chi connectivity index (χ3n) is 6.71. The topological polar surface area (TPSA) is 131 Å². The van der Waals surface area contributed by atoms with Gasteiger partial charge in [-0.1, -0.05) is 11.6 Å². The lowest BCUT2D eigenvalue weighted by Gasteiger charge is -2.23. The largest absolute Gasteiger partial charge is 0.358 e. The van der Waals surface area contributed by atoms with Crippen LogP contribution in [0, 0.1) is 17.1 Å². The Morgan fingerprint density at radius 1 is 1.12 bits per heavy atom. The molecular formula is C29H22ClFN8O2. The summed E-state index contributed by atoms with van der Waals surface area (Å²) in [5.74, 6) is -0.686. The van der Waals surface area contributed by atoms with Crippen molar-refractivity contribution in [2.45, 2.75) is 25.5 Å². The summed E-state index contributed by atoms with van der Waals surface area (Å²) in [6.07, 6.45) is 7.55. The number of fused-ring (bicyclic) bond motifs is 1. The van der Waals surface area contributed by atoms with Crippen molar-refractivity contribution in [2.24, 2.45) is 0 Å². The highest BCUT2D eigenvalue weighted by molar-refractivity contribution is 6.31. The zero-order valence-electron chi connectivity index (χ0n) is 21.5. The van der Waals surface area contributed by atoms with E-state index in [2.05, 4.69) is 30.6 Å². The molecule has 4 heterocycles. The van der Waals surface area contributed by atoms with E-state index in [0.29, 0.717) is 40.5 Å². The van der Waals surface area contributed by atoms with Crippen LogP contribution in [-0.2, 0) is 4.74 Å². The lowest BCUT2D eigenvalue weighted by Crippen LogP contribution is -2.17. The van der Waals surface area contributed by atoms with Gasteiger partial charge in [-0.15, -0.1) is 0 Å². The molecule has 2 aromatic carbocycles. The van der Waals surface area contributed by atoms with Crippen molar-refractivity contribution in [1.29, 1.82) is 5.26 Å². The minimum Gasteiger partial charge on any atom is -0.358 e. The van der Waals surface area contributed by atoms with E-state index in [1.165, 1.54) is 42.7 Å². The molecule has 0 bridgehead atoms. The lowest BCUT2D eigenvalue weighted by atomic mass is 10.1. The molecule has 3 aromatic heterocycles. The fraction of sp³-hybridized carbons (Fsp3) is 0.172. The number of halogens is 2. The van der Waals surface area contributed by atoms with E-state index in [4.69, 9.17) is 16.3 Å². The second kappa shape index (κ2) is 11.3. The first-order chi connectivity index (χ1) is 20.0. The number of imidazole rings is 1. The van der Waals surface area contributed by atoms with Gasteiger partial charge in [0, 0.05) is 29.6 Å². The van der Waals surface area contributed by atoms with Crippen LogP contribution in [0.1, 0.15) is 41.4 Å². The molecule has 0 saturated carbocycles. The van der Waals surface area contributed by atoms with Crippen LogP contribution in [-0.4, -0.2) is 37.0 Å². The third-order valence-corrected chi connectivity index (χ3v) is 7.04. The molecule has 1 unspecified atom stereocenters. The normalized spacial score (nSPS) is 14.9. The maximum atomic E-state index is 14.9. The molecule has 1 atom stereocenters. The maximum absolute atomic E-state index is 14.9. The maximum Gasteiger partial charge on any atom is 0.255 e. The summed E-state index contributed by atoms with van der Waals surface area (Å²) in [5, 5.41) is 15.2. The molecule has 0 spiro atoms. The van der Waals surface area contributed by atoms with Crippen LogP contribution in [0.5, 0.6) is 0 Å². The molecule has 1 aliphatic heterocycles. The van der Waals surface area contributed by atoms with Crippen LogP contribution < -0.4 is 10.6 Å². The third kappa shape index (κ3) is 5.30. The number of benzene rings is 2. The summed E-state index contributed by atoms with van der Waals surface area (Å²) >= 11 is 5.97. The highest BCUT2D eigenvalue weighted by Crippen LogP contribution is 2.34. The van der Waals surface area contributed by atoms with E-state index in [-0.39, 0.29) is 28.1 Å². The van der Waals surface area contributed by atoms with E-state index < -0.39 is 11.7 Å². The van der Waals surface area contributed by atoms with Crippen LogP contribution in [0.25, 0.3) is 22.4 Å². The van der Waals surface area contributed by atoms with Crippen molar-refractivity contribution >= 4 is 45.9 Å². The van der Waals surface area contributed by atoms with E-state index in [1.807, 2.05) is 16.7 Å². The number of hydrogen-bond donors (Lipinski definition) is 2. The predicted octanol–water partition coefficient (Wildman–Crippen LogP) is 6.25. The van der Waals surface area contributed by atoms with E-state index >= 15 is 0 Å². The number of carbonyl (C=O) groups excluding carboxylic acids is 1. The number of ether oxygens (including phenoxy) is 1. The van der Waals surface area contributed by atoms with Gasteiger partial charge in [0.25, 0.3) is 5.91 Å². The number of anilines is 3. The second-order valence-electron chi connectivity index (χ2n) is 9.35. The van der Waals surface area contributed by atoms with Crippen molar-refractivity contribution in [2.75, 3.05) is 17.2 Å². The van der Waals surface area contributed by atoms with E-state index in [1.54, 1.807) is 18.6 Å². The minimum absolute atomic E-state index is 0.0861. The molecule has 41 heavy (non-hydrogen) atoms. The van der Waals surface area contributed by atoms with Gasteiger partial charge in [-0.3, -0.25) is 9.36 Å². The SMILES string of the molecule is N#Cc1cc(C(=O)Nc2ccc(F)c(Nc3ncccc3-c3ncnc4c3ncn4C3CCCCO3)c2)ccc1Cl. The number of aromatic nitrogens is 5. The Hall–Kier alpha value is -4.92. The van der Waals surface area contributed by atoms with Gasteiger partial charge in [0.2, 0.25) is 0 Å². The van der Waals surface area contributed by atoms with Crippen LogP contribution >= 0.6 is 11.6 Å². The van der Waals surface area contributed by atoms with Gasteiger partial charge in [0.1, 0.15) is 41.5 Å². The van der Waals surface area contributed by atoms with E-state index in [9.17, 15) is 14.4 Å². The Kier molecular flexibility index (Phi) is 7.24. The zero-order chi connectivity index (χ0) is 28.3. The molecular weight excluding hydrogens is 547 g/mol. The lowest BCUT2D eigenvalue weighted by molar-refractivity contribution is -0.0298. The number of nitrogens with one attached hydrogen (secondary N) is 2. The minimum atomic E-state index is -0.551. The van der Waals surface area contributed by atoms with Crippen molar-refractivity contribution in [3.05, 3.63) is 89.3 Å². The molecule has 204 valence electrons. The summed E-state index contributed by atoms with van der Waals surface area (Å²) in [5.41, 5.74) is 3.16. The number of pyridine rings is 1. The van der Waals surface area contributed by atoms with Gasteiger partial charge >= 0.3 is 0 Å². The fourth-order valence-electron chi connectivity index (χ4n) is 4.68. The van der Waals surface area contributed by atoms with Gasteiger partial charge in [-0.05, 0) is 67.8 Å². The van der Waals surface area contributed by atoms with Gasteiger partial charge in [-0.2, -0.15) is 5.26 Å². The molecule has 0 aliphatic carbocycles. The molecule has 10 nitrogen and oxygen atoms in total. The van der Waals surface area contributed by atoms with Crippen LogP contribution in [0.2, 0.25) is 5.02 Å². The Balaban J connectivity index is 1.30. The van der Waals surface area contributed by atoms with Crippen LogP contribution in [0.15, 0.2) is 67.4 Å². The molecule has 1 saturated heterocycles. The van der Waals surface area contributed by atoms with Gasteiger partial charge < -0.3 is 15.4 Å². The summed E-state index contributed by atoms with van der Waals surface area (Å²) in [6, 6.07) is 14.0. The summed E-state index contributed by atoms with van der Waals surface area (Å²) in [7, 11) is 0. The van der Waals surface area contributed by atoms with Gasteiger partial charge in [0.05, 0.1) is 22.6 Å². The number of hydrogen-bond acceptors (Lipinski definition) is 8. The average Bonchev–Trinajstić information content (AvgIpc) is 3.44. The van der Waals surface area contributed by atoms with Crippen molar-refractivity contribution in [3.63, 3.8) is 0 Å².